The summed E-state index contributed by atoms with van der Waals surface area (Å²) in [6.07, 6.45) is 1.35. The van der Waals surface area contributed by atoms with Gasteiger partial charge in [0.05, 0.1) is 12.1 Å². The van der Waals surface area contributed by atoms with E-state index in [1.165, 1.54) is 23.2 Å². The normalized spacial score (nSPS) is 10.1. The Kier molecular flexibility index (Phi) is 5.29. The lowest BCUT2D eigenvalue weighted by atomic mass is 10.2. The monoisotopic (exact) mass is 265 g/mol. The van der Waals surface area contributed by atoms with Crippen molar-refractivity contribution in [2.24, 2.45) is 0 Å². The molecule has 104 valence electrons. The fourth-order valence-electron chi connectivity index (χ4n) is 1.71. The van der Waals surface area contributed by atoms with Crippen LogP contribution in [0.2, 0.25) is 0 Å². The van der Waals surface area contributed by atoms with Crippen LogP contribution in [0.25, 0.3) is 0 Å². The van der Waals surface area contributed by atoms with Gasteiger partial charge in [0.2, 0.25) is 11.5 Å². The Morgan fingerprint density at radius 1 is 1.21 bits per heavy atom. The number of carbonyl (C=O) groups excluding carboxylic acids is 2. The van der Waals surface area contributed by atoms with E-state index in [9.17, 15) is 14.4 Å². The van der Waals surface area contributed by atoms with Gasteiger partial charge in [0.15, 0.2) is 0 Å². The van der Waals surface area contributed by atoms with Gasteiger partial charge in [-0.3, -0.25) is 14.4 Å². The second-order valence-corrected chi connectivity index (χ2v) is 4.17. The van der Waals surface area contributed by atoms with E-state index >= 15 is 0 Å². The van der Waals surface area contributed by atoms with E-state index in [0.717, 1.165) is 0 Å². The lowest BCUT2D eigenvalue weighted by Gasteiger charge is -2.23. The summed E-state index contributed by atoms with van der Waals surface area (Å²) in [6.45, 7) is 5.06. The van der Waals surface area contributed by atoms with Crippen molar-refractivity contribution >= 4 is 11.8 Å². The fourth-order valence-corrected chi connectivity index (χ4v) is 1.71. The van der Waals surface area contributed by atoms with Crippen molar-refractivity contribution in [1.82, 2.24) is 14.8 Å². The largest absolute Gasteiger partial charge is 0.342 e. The van der Waals surface area contributed by atoms with Gasteiger partial charge >= 0.3 is 0 Å². The number of likely N-dealkylation sites (N-methyl/N-ethyl adjacent to an activating group) is 2. The van der Waals surface area contributed by atoms with E-state index in [0.29, 0.717) is 18.7 Å². The van der Waals surface area contributed by atoms with Gasteiger partial charge < -0.3 is 14.8 Å². The van der Waals surface area contributed by atoms with E-state index in [1.54, 1.807) is 11.9 Å². The molecule has 0 saturated carbocycles. The topological polar surface area (TPSA) is 73.5 Å². The van der Waals surface area contributed by atoms with Gasteiger partial charge in [-0.1, -0.05) is 0 Å². The Balaban J connectivity index is 2.70. The molecule has 0 atom stereocenters. The molecule has 1 aromatic rings. The SMILES string of the molecule is CCN(CC)C(=O)CN(C)C(=O)c1ccc(=O)[nH]c1. The van der Waals surface area contributed by atoms with E-state index < -0.39 is 0 Å². The smallest absolute Gasteiger partial charge is 0.255 e. The molecule has 0 bridgehead atoms. The van der Waals surface area contributed by atoms with Gasteiger partial charge in [-0.2, -0.15) is 0 Å². The zero-order chi connectivity index (χ0) is 14.4. The molecule has 0 radical (unpaired) electrons. The number of hydrogen-bond acceptors (Lipinski definition) is 3. The highest BCUT2D eigenvalue weighted by Gasteiger charge is 2.17. The Hall–Kier alpha value is -2.11. The summed E-state index contributed by atoms with van der Waals surface area (Å²) >= 11 is 0. The molecular weight excluding hydrogens is 246 g/mol. The minimum absolute atomic E-state index is 0.0274. The molecule has 1 rings (SSSR count). The number of hydrogen-bond donors (Lipinski definition) is 1. The van der Waals surface area contributed by atoms with E-state index in [4.69, 9.17) is 0 Å². The minimum atomic E-state index is -0.295. The fraction of sp³-hybridized carbons (Fsp3) is 0.462. The molecule has 1 N–H and O–H groups in total. The van der Waals surface area contributed by atoms with Gasteiger partial charge in [0, 0.05) is 32.4 Å². The Bertz CT molecular complexity index is 486. The minimum Gasteiger partial charge on any atom is -0.342 e. The third-order valence-electron chi connectivity index (χ3n) is 2.87. The van der Waals surface area contributed by atoms with Gasteiger partial charge in [0.25, 0.3) is 5.91 Å². The number of carbonyl (C=O) groups is 2. The van der Waals surface area contributed by atoms with E-state index in [2.05, 4.69) is 4.98 Å². The van der Waals surface area contributed by atoms with Crippen molar-refractivity contribution in [3.8, 4) is 0 Å². The van der Waals surface area contributed by atoms with Crippen LogP contribution < -0.4 is 5.56 Å². The van der Waals surface area contributed by atoms with Crippen molar-refractivity contribution in [3.63, 3.8) is 0 Å². The Morgan fingerprint density at radius 2 is 1.84 bits per heavy atom. The average Bonchev–Trinajstić information content (AvgIpc) is 2.40. The first-order valence-electron chi connectivity index (χ1n) is 6.21. The molecular formula is C13H19N3O3. The van der Waals surface area contributed by atoms with Crippen LogP contribution in [-0.2, 0) is 4.79 Å². The number of aromatic amines is 1. The number of nitrogens with one attached hydrogen (secondary N) is 1. The summed E-state index contributed by atoms with van der Waals surface area (Å²) in [4.78, 5) is 40.3. The molecule has 0 saturated heterocycles. The molecule has 0 spiro atoms. The molecule has 0 aliphatic heterocycles. The number of nitrogens with zero attached hydrogens (tertiary/aromatic N) is 2. The van der Waals surface area contributed by atoms with Gasteiger partial charge in [0.1, 0.15) is 0 Å². The van der Waals surface area contributed by atoms with Crippen LogP contribution in [0, 0.1) is 0 Å². The molecule has 0 fully saturated rings. The maximum Gasteiger partial charge on any atom is 0.255 e. The first-order chi connectivity index (χ1) is 8.99. The molecule has 0 unspecified atom stereocenters. The maximum atomic E-state index is 12.0. The van der Waals surface area contributed by atoms with Crippen molar-refractivity contribution < 1.29 is 9.59 Å². The number of aromatic nitrogens is 1. The highest BCUT2D eigenvalue weighted by Crippen LogP contribution is 2.01. The van der Waals surface area contributed by atoms with Crippen LogP contribution in [0.15, 0.2) is 23.1 Å². The molecule has 6 heteroatoms. The summed E-state index contributed by atoms with van der Waals surface area (Å²) < 4.78 is 0. The van der Waals surface area contributed by atoms with Gasteiger partial charge in [-0.05, 0) is 19.9 Å². The maximum absolute atomic E-state index is 12.0. The third kappa shape index (κ3) is 3.94. The van der Waals surface area contributed by atoms with Crippen LogP contribution in [-0.4, -0.2) is 53.3 Å². The van der Waals surface area contributed by atoms with Crippen LogP contribution in [0.1, 0.15) is 24.2 Å². The third-order valence-corrected chi connectivity index (χ3v) is 2.87. The van der Waals surface area contributed by atoms with E-state index in [-0.39, 0.29) is 23.9 Å². The van der Waals surface area contributed by atoms with E-state index in [1.807, 2.05) is 13.8 Å². The second-order valence-electron chi connectivity index (χ2n) is 4.17. The predicted octanol–water partition coefficient (Wildman–Crippen LogP) is 0.315. The lowest BCUT2D eigenvalue weighted by molar-refractivity contribution is -0.131. The predicted molar refractivity (Wildman–Crippen MR) is 72.0 cm³/mol. The summed E-state index contributed by atoms with van der Waals surface area (Å²) in [5.74, 6) is -0.387. The molecule has 2 amide bonds. The molecule has 0 aliphatic rings. The molecule has 1 aromatic heterocycles. The summed E-state index contributed by atoms with van der Waals surface area (Å²) in [6, 6.07) is 2.73. The summed E-state index contributed by atoms with van der Waals surface area (Å²) in [5, 5.41) is 0. The molecule has 19 heavy (non-hydrogen) atoms. The number of pyridine rings is 1. The Morgan fingerprint density at radius 3 is 2.32 bits per heavy atom. The number of H-pyrrole nitrogens is 1. The molecule has 6 nitrogen and oxygen atoms in total. The zero-order valence-corrected chi connectivity index (χ0v) is 11.5. The van der Waals surface area contributed by atoms with Crippen LogP contribution in [0.4, 0.5) is 0 Å². The Labute approximate surface area is 112 Å². The standard InChI is InChI=1S/C13H19N3O3/c1-4-16(5-2)12(18)9-15(3)13(19)10-6-7-11(17)14-8-10/h6-8H,4-5,9H2,1-3H3,(H,14,17). The molecule has 0 aliphatic carbocycles. The lowest BCUT2D eigenvalue weighted by Crippen LogP contribution is -2.41. The van der Waals surface area contributed by atoms with Crippen LogP contribution in [0.3, 0.4) is 0 Å². The second kappa shape index (κ2) is 6.72. The van der Waals surface area contributed by atoms with Crippen molar-refractivity contribution in [2.75, 3.05) is 26.7 Å². The molecule has 0 aromatic carbocycles. The van der Waals surface area contributed by atoms with Crippen molar-refractivity contribution in [3.05, 3.63) is 34.2 Å². The number of rotatable bonds is 5. The summed E-state index contributed by atoms with van der Waals surface area (Å²) in [5.41, 5.74) is 0.0906. The van der Waals surface area contributed by atoms with Crippen molar-refractivity contribution in [2.45, 2.75) is 13.8 Å². The molecule has 1 heterocycles. The summed E-state index contributed by atoms with van der Waals surface area (Å²) in [7, 11) is 1.56. The zero-order valence-electron chi connectivity index (χ0n) is 11.5. The van der Waals surface area contributed by atoms with Crippen molar-refractivity contribution in [1.29, 1.82) is 0 Å². The average molecular weight is 265 g/mol. The highest BCUT2D eigenvalue weighted by atomic mass is 16.2. The van der Waals surface area contributed by atoms with Gasteiger partial charge in [-0.25, -0.2) is 0 Å². The van der Waals surface area contributed by atoms with Crippen LogP contribution >= 0.6 is 0 Å². The van der Waals surface area contributed by atoms with Crippen LogP contribution in [0.5, 0.6) is 0 Å². The quantitative estimate of drug-likeness (QED) is 0.833. The first kappa shape index (κ1) is 14.9. The van der Waals surface area contributed by atoms with Gasteiger partial charge in [-0.15, -0.1) is 0 Å². The first-order valence-corrected chi connectivity index (χ1v) is 6.21. The highest BCUT2D eigenvalue weighted by molar-refractivity contribution is 5.96. The number of amides is 2.